The topological polar surface area (TPSA) is 63.1 Å². The summed E-state index contributed by atoms with van der Waals surface area (Å²) in [6, 6.07) is 9.09. The van der Waals surface area contributed by atoms with Crippen LogP contribution in [0.25, 0.3) is 0 Å². The van der Waals surface area contributed by atoms with Gasteiger partial charge in [-0.05, 0) is 42.5 Å². The number of nitrogens with one attached hydrogen (secondary N) is 2. The van der Waals surface area contributed by atoms with E-state index in [1.807, 2.05) is 24.3 Å². The molecule has 0 saturated heterocycles. The quantitative estimate of drug-likeness (QED) is 0.751. The molecule has 5 nitrogen and oxygen atoms in total. The van der Waals surface area contributed by atoms with Gasteiger partial charge < -0.3 is 15.2 Å². The van der Waals surface area contributed by atoms with Gasteiger partial charge in [0.05, 0.1) is 0 Å². The SMILES string of the molecule is Cn1ccc(Cc2ccc3c(c2)NC(=O)N[C@H]3C#CC2CC2)cc1=O.FC(F)F. The molecule has 1 saturated carbocycles. The van der Waals surface area contributed by atoms with Gasteiger partial charge in [-0.2, -0.15) is 13.2 Å². The molecule has 0 spiro atoms. The Bertz CT molecular complexity index is 1020. The van der Waals surface area contributed by atoms with E-state index >= 15 is 0 Å². The number of aromatic nitrogens is 1. The molecule has 0 unspecified atom stereocenters. The largest absolute Gasteiger partial charge is 0.379 e. The van der Waals surface area contributed by atoms with Gasteiger partial charge in [0.25, 0.3) is 5.56 Å². The molecule has 1 aliphatic heterocycles. The van der Waals surface area contributed by atoms with Crippen molar-refractivity contribution in [1.29, 1.82) is 0 Å². The van der Waals surface area contributed by atoms with Crippen molar-refractivity contribution in [3.05, 3.63) is 63.6 Å². The summed E-state index contributed by atoms with van der Waals surface area (Å²) in [7, 11) is 1.73. The van der Waals surface area contributed by atoms with Crippen LogP contribution in [0.4, 0.5) is 23.7 Å². The second kappa shape index (κ2) is 8.86. The minimum atomic E-state index is -3.67. The van der Waals surface area contributed by atoms with Gasteiger partial charge >= 0.3 is 12.7 Å². The summed E-state index contributed by atoms with van der Waals surface area (Å²) in [5, 5.41) is 5.73. The number of alkyl halides is 3. The number of hydrogen-bond donors (Lipinski definition) is 2. The molecule has 0 bridgehead atoms. The second-order valence-corrected chi connectivity index (χ2v) is 6.92. The van der Waals surface area contributed by atoms with E-state index in [2.05, 4.69) is 22.5 Å². The van der Waals surface area contributed by atoms with Crippen molar-refractivity contribution in [2.24, 2.45) is 13.0 Å². The molecule has 2 aliphatic rings. The van der Waals surface area contributed by atoms with Crippen molar-refractivity contribution in [2.75, 3.05) is 5.32 Å². The molecule has 1 aromatic carbocycles. The fourth-order valence-corrected chi connectivity index (χ4v) is 2.92. The summed E-state index contributed by atoms with van der Waals surface area (Å²) in [6.07, 6.45) is 4.73. The van der Waals surface area contributed by atoms with Crippen molar-refractivity contribution in [1.82, 2.24) is 9.88 Å². The zero-order valence-corrected chi connectivity index (χ0v) is 15.7. The lowest BCUT2D eigenvalue weighted by molar-refractivity contribution is 0.00819. The van der Waals surface area contributed by atoms with Gasteiger partial charge in [0.15, 0.2) is 0 Å². The predicted molar refractivity (Wildman–Crippen MR) is 103 cm³/mol. The summed E-state index contributed by atoms with van der Waals surface area (Å²) < 4.78 is 30.5. The average molecular weight is 403 g/mol. The molecule has 4 rings (SSSR count). The molecule has 2 heterocycles. The Morgan fingerprint density at radius 1 is 1.10 bits per heavy atom. The van der Waals surface area contributed by atoms with Crippen molar-refractivity contribution in [3.63, 3.8) is 0 Å². The van der Waals surface area contributed by atoms with E-state index in [1.54, 1.807) is 23.9 Å². The standard InChI is InChI=1S/C20H19N3O2.CHF3/c1-23-9-8-15(12-19(23)24)10-14-4-6-16-17(7-5-13-2-3-13)21-20(25)22-18(16)11-14;2-1(3)4/h4,6,8-9,11-13,17H,2-3,10H2,1H3,(H2,21,22,25);1H/t17-;/m0./s1. The van der Waals surface area contributed by atoms with Crippen LogP contribution in [0.2, 0.25) is 0 Å². The Hall–Kier alpha value is -3.21. The summed E-state index contributed by atoms with van der Waals surface area (Å²) in [4.78, 5) is 23.7. The van der Waals surface area contributed by atoms with Crippen LogP contribution in [-0.2, 0) is 13.5 Å². The van der Waals surface area contributed by atoms with E-state index in [1.165, 1.54) is 0 Å². The first-order valence-electron chi connectivity index (χ1n) is 9.11. The number of fused-ring (bicyclic) bond motifs is 1. The number of amides is 2. The van der Waals surface area contributed by atoms with Gasteiger partial charge in [0.1, 0.15) is 6.04 Å². The van der Waals surface area contributed by atoms with E-state index in [-0.39, 0.29) is 17.6 Å². The van der Waals surface area contributed by atoms with Crippen LogP contribution in [0.3, 0.4) is 0 Å². The van der Waals surface area contributed by atoms with E-state index in [4.69, 9.17) is 0 Å². The Balaban J connectivity index is 0.000000552. The summed E-state index contributed by atoms with van der Waals surface area (Å²) >= 11 is 0. The van der Waals surface area contributed by atoms with Crippen LogP contribution in [0, 0.1) is 17.8 Å². The maximum Gasteiger partial charge on any atom is 0.379 e. The third-order valence-electron chi connectivity index (χ3n) is 4.54. The maximum absolute atomic E-state index is 11.9. The Kier molecular flexibility index (Phi) is 6.27. The first-order valence-corrected chi connectivity index (χ1v) is 9.11. The molecule has 8 heteroatoms. The number of rotatable bonds is 2. The first-order chi connectivity index (χ1) is 13.8. The molecule has 152 valence electrons. The van der Waals surface area contributed by atoms with E-state index < -0.39 is 6.68 Å². The molecule has 1 aliphatic carbocycles. The minimum absolute atomic E-state index is 0.0247. The lowest BCUT2D eigenvalue weighted by atomic mass is 9.97. The van der Waals surface area contributed by atoms with Gasteiger partial charge in [-0.15, -0.1) is 0 Å². The molecular weight excluding hydrogens is 383 g/mol. The molecule has 2 N–H and O–H groups in total. The molecule has 1 atom stereocenters. The van der Waals surface area contributed by atoms with Crippen LogP contribution in [0.15, 0.2) is 41.3 Å². The maximum atomic E-state index is 11.9. The van der Waals surface area contributed by atoms with Crippen LogP contribution >= 0.6 is 0 Å². The Morgan fingerprint density at radius 3 is 2.45 bits per heavy atom. The van der Waals surface area contributed by atoms with Crippen LogP contribution in [0.5, 0.6) is 0 Å². The highest BCUT2D eigenvalue weighted by Gasteiger charge is 2.24. The number of benzene rings is 1. The van der Waals surface area contributed by atoms with Crippen LogP contribution in [0.1, 0.15) is 35.6 Å². The third kappa shape index (κ3) is 5.88. The van der Waals surface area contributed by atoms with Crippen molar-refractivity contribution >= 4 is 11.7 Å². The lowest BCUT2D eigenvalue weighted by Crippen LogP contribution is -2.37. The fourth-order valence-electron chi connectivity index (χ4n) is 2.92. The Morgan fingerprint density at radius 2 is 1.79 bits per heavy atom. The number of anilines is 1. The smallest absolute Gasteiger partial charge is 0.320 e. The van der Waals surface area contributed by atoms with E-state index in [9.17, 15) is 22.8 Å². The molecule has 1 fully saturated rings. The lowest BCUT2D eigenvalue weighted by Gasteiger charge is -2.24. The van der Waals surface area contributed by atoms with E-state index in [0.29, 0.717) is 12.3 Å². The summed E-state index contributed by atoms with van der Waals surface area (Å²) in [5.41, 5.74) is 3.75. The van der Waals surface area contributed by atoms with Gasteiger partial charge in [-0.3, -0.25) is 4.79 Å². The molecule has 0 radical (unpaired) electrons. The molecule has 2 amide bonds. The number of pyridine rings is 1. The van der Waals surface area contributed by atoms with Crippen molar-refractivity contribution < 1.29 is 18.0 Å². The van der Waals surface area contributed by atoms with Gasteiger partial charge in [-0.25, -0.2) is 4.79 Å². The number of halogens is 3. The van der Waals surface area contributed by atoms with Crippen molar-refractivity contribution in [2.45, 2.75) is 32.0 Å². The van der Waals surface area contributed by atoms with Gasteiger partial charge in [0.2, 0.25) is 0 Å². The first kappa shape index (κ1) is 20.5. The third-order valence-corrected chi connectivity index (χ3v) is 4.54. The van der Waals surface area contributed by atoms with Crippen LogP contribution < -0.4 is 16.2 Å². The number of carbonyl (C=O) groups excluding carboxylic acids is 1. The summed E-state index contributed by atoms with van der Waals surface area (Å²) in [6.45, 7) is -3.67. The normalized spacial score (nSPS) is 17.1. The molecule has 29 heavy (non-hydrogen) atoms. The second-order valence-electron chi connectivity index (χ2n) is 6.92. The average Bonchev–Trinajstić information content (AvgIpc) is 3.46. The Labute approximate surface area is 165 Å². The number of carbonyl (C=O) groups is 1. The van der Waals surface area contributed by atoms with Gasteiger partial charge in [0, 0.05) is 36.5 Å². The predicted octanol–water partition coefficient (Wildman–Crippen LogP) is 3.74. The van der Waals surface area contributed by atoms with Crippen LogP contribution in [-0.4, -0.2) is 17.3 Å². The highest BCUT2D eigenvalue weighted by molar-refractivity contribution is 5.93. The highest BCUT2D eigenvalue weighted by Crippen LogP contribution is 2.31. The molecule has 2 aromatic rings. The number of aryl methyl sites for hydroxylation is 1. The molecular formula is C21H20F3N3O2. The zero-order chi connectivity index (χ0) is 21.0. The monoisotopic (exact) mass is 403 g/mol. The number of urea groups is 1. The van der Waals surface area contributed by atoms with E-state index in [0.717, 1.165) is 35.2 Å². The summed E-state index contributed by atoms with van der Waals surface area (Å²) in [5.74, 6) is 6.91. The highest BCUT2D eigenvalue weighted by atomic mass is 19.4. The van der Waals surface area contributed by atoms with Crippen molar-refractivity contribution in [3.8, 4) is 11.8 Å². The fraction of sp³-hybridized carbons (Fsp3) is 0.333. The molecule has 1 aromatic heterocycles. The minimum Gasteiger partial charge on any atom is -0.320 e. The number of nitrogens with zero attached hydrogens (tertiary/aromatic N) is 1. The zero-order valence-electron chi connectivity index (χ0n) is 15.7. The number of hydrogen-bond acceptors (Lipinski definition) is 2. The van der Waals surface area contributed by atoms with Gasteiger partial charge in [-0.1, -0.05) is 24.0 Å².